The zero-order chi connectivity index (χ0) is 24.5. The molecule has 6 heteroatoms. The van der Waals surface area contributed by atoms with Crippen LogP contribution in [0.15, 0.2) is 81.7 Å². The van der Waals surface area contributed by atoms with E-state index in [4.69, 9.17) is 0 Å². The highest BCUT2D eigenvalue weighted by Gasteiger charge is 2.28. The van der Waals surface area contributed by atoms with Gasteiger partial charge in [0.15, 0.2) is 0 Å². The van der Waals surface area contributed by atoms with Gasteiger partial charge in [0.25, 0.3) is 0 Å². The maximum atomic E-state index is 10.0. The summed E-state index contributed by atoms with van der Waals surface area (Å²) in [5, 5.41) is 14.5. The third kappa shape index (κ3) is 4.91. The molecule has 0 spiro atoms. The molecule has 1 aliphatic heterocycles. The summed E-state index contributed by atoms with van der Waals surface area (Å²) in [7, 11) is 0. The van der Waals surface area contributed by atoms with Gasteiger partial charge in [0.1, 0.15) is 5.71 Å². The molecule has 2 aliphatic carbocycles. The minimum Gasteiger partial charge on any atom is -0.410 e. The SMILES string of the molecule is CC1CCCC(Sc2ccc3c(c2)/C(=N/O)c2cc(SN4CCN(c5ccccc5)CC4)ccc2-3)C1. The van der Waals surface area contributed by atoms with Crippen LogP contribution in [0.5, 0.6) is 0 Å². The molecule has 0 radical (unpaired) electrons. The summed E-state index contributed by atoms with van der Waals surface area (Å²) in [6, 6.07) is 24.0. The number of piperazine rings is 1. The summed E-state index contributed by atoms with van der Waals surface area (Å²) in [4.78, 5) is 4.94. The van der Waals surface area contributed by atoms with Gasteiger partial charge in [-0.3, -0.25) is 0 Å². The van der Waals surface area contributed by atoms with Crippen molar-refractivity contribution in [1.29, 1.82) is 0 Å². The van der Waals surface area contributed by atoms with Crippen LogP contribution in [-0.4, -0.2) is 46.7 Å². The lowest BCUT2D eigenvalue weighted by Gasteiger charge is -2.35. The van der Waals surface area contributed by atoms with Crippen LogP contribution in [0.1, 0.15) is 43.7 Å². The molecule has 4 nitrogen and oxygen atoms in total. The van der Waals surface area contributed by atoms with E-state index in [2.05, 4.69) is 88.0 Å². The molecule has 1 N–H and O–H groups in total. The van der Waals surface area contributed by atoms with Crippen LogP contribution < -0.4 is 4.90 Å². The second-order valence-electron chi connectivity index (χ2n) is 10.2. The van der Waals surface area contributed by atoms with Crippen molar-refractivity contribution in [2.45, 2.75) is 47.6 Å². The van der Waals surface area contributed by atoms with Crippen molar-refractivity contribution in [3.8, 4) is 11.1 Å². The summed E-state index contributed by atoms with van der Waals surface area (Å²) in [5.74, 6) is 0.821. The number of fused-ring (bicyclic) bond motifs is 3. The molecule has 2 atom stereocenters. The molecular formula is C30H33N3OS2. The zero-order valence-electron chi connectivity index (χ0n) is 20.8. The van der Waals surface area contributed by atoms with E-state index >= 15 is 0 Å². The summed E-state index contributed by atoms with van der Waals surface area (Å²) in [6.45, 7) is 6.45. The standard InChI is InChI=1S/C30H33N3OS2/c1-21-6-5-9-23(18-21)35-24-10-12-26-27-13-11-25(20-29(27)30(31-34)28(26)19-24)36-33-16-14-32(15-17-33)22-7-3-2-4-8-22/h2-4,7-8,10-13,19-21,23,34H,5-6,9,14-18H2,1H3/b31-30-. The Balaban J connectivity index is 1.15. The number of thioether (sulfide) groups is 1. The molecule has 0 aromatic heterocycles. The number of hydrogen-bond acceptors (Lipinski definition) is 6. The molecule has 3 aliphatic rings. The Kier molecular flexibility index (Phi) is 7.00. The summed E-state index contributed by atoms with van der Waals surface area (Å²) >= 11 is 3.81. The van der Waals surface area contributed by atoms with E-state index in [0.29, 0.717) is 11.0 Å². The molecule has 1 saturated carbocycles. The number of nitrogens with zero attached hydrogens (tertiary/aromatic N) is 3. The molecule has 36 heavy (non-hydrogen) atoms. The molecule has 1 saturated heterocycles. The molecule has 0 amide bonds. The van der Waals surface area contributed by atoms with Crippen molar-refractivity contribution in [1.82, 2.24) is 4.31 Å². The number of rotatable bonds is 5. The van der Waals surface area contributed by atoms with Crippen LogP contribution in [0.3, 0.4) is 0 Å². The van der Waals surface area contributed by atoms with Gasteiger partial charge in [0.2, 0.25) is 0 Å². The lowest BCUT2D eigenvalue weighted by atomic mass is 9.91. The van der Waals surface area contributed by atoms with Crippen LogP contribution in [0.4, 0.5) is 5.69 Å². The average molecular weight is 516 g/mol. The first-order chi connectivity index (χ1) is 17.7. The van der Waals surface area contributed by atoms with Crippen LogP contribution >= 0.6 is 23.7 Å². The molecule has 186 valence electrons. The van der Waals surface area contributed by atoms with Crippen molar-refractivity contribution >= 4 is 35.1 Å². The third-order valence-electron chi connectivity index (χ3n) is 7.67. The first-order valence-corrected chi connectivity index (χ1v) is 14.7. The van der Waals surface area contributed by atoms with E-state index in [1.165, 1.54) is 52.3 Å². The Morgan fingerprint density at radius 3 is 2.19 bits per heavy atom. The van der Waals surface area contributed by atoms with E-state index in [-0.39, 0.29) is 0 Å². The van der Waals surface area contributed by atoms with Crippen molar-refractivity contribution in [2.75, 3.05) is 31.1 Å². The van der Waals surface area contributed by atoms with Crippen LogP contribution in [-0.2, 0) is 0 Å². The van der Waals surface area contributed by atoms with E-state index in [0.717, 1.165) is 43.2 Å². The predicted octanol–water partition coefficient (Wildman–Crippen LogP) is 7.39. The van der Waals surface area contributed by atoms with E-state index < -0.39 is 0 Å². The second-order valence-corrected chi connectivity index (χ2v) is 12.8. The van der Waals surface area contributed by atoms with Gasteiger partial charge in [0, 0.05) is 58.0 Å². The fraction of sp³-hybridized carbons (Fsp3) is 0.367. The van der Waals surface area contributed by atoms with Crippen molar-refractivity contribution in [3.63, 3.8) is 0 Å². The fourth-order valence-corrected chi connectivity index (χ4v) is 8.16. The summed E-state index contributed by atoms with van der Waals surface area (Å²) in [6.07, 6.45) is 5.29. The third-order valence-corrected chi connectivity index (χ3v) is 10.0. The molecule has 2 unspecified atom stereocenters. The predicted molar refractivity (Wildman–Crippen MR) is 153 cm³/mol. The van der Waals surface area contributed by atoms with Gasteiger partial charge in [-0.2, -0.15) is 0 Å². The fourth-order valence-electron chi connectivity index (χ4n) is 5.79. The number of benzene rings is 3. The molecular weight excluding hydrogens is 482 g/mol. The molecule has 2 fully saturated rings. The van der Waals surface area contributed by atoms with Gasteiger partial charge in [0.05, 0.1) is 0 Å². The van der Waals surface area contributed by atoms with Crippen molar-refractivity contribution in [2.24, 2.45) is 11.1 Å². The molecule has 0 bridgehead atoms. The maximum Gasteiger partial charge on any atom is 0.118 e. The number of anilines is 1. The maximum absolute atomic E-state index is 10.0. The number of oxime groups is 1. The van der Waals surface area contributed by atoms with E-state index in [9.17, 15) is 5.21 Å². The highest BCUT2D eigenvalue weighted by molar-refractivity contribution is 8.00. The van der Waals surface area contributed by atoms with E-state index in [1.54, 1.807) is 0 Å². The van der Waals surface area contributed by atoms with Gasteiger partial charge in [-0.1, -0.05) is 55.3 Å². The van der Waals surface area contributed by atoms with Crippen LogP contribution in [0.2, 0.25) is 0 Å². The molecule has 6 rings (SSSR count). The monoisotopic (exact) mass is 515 g/mol. The quantitative estimate of drug-likeness (QED) is 0.170. The smallest absolute Gasteiger partial charge is 0.118 e. The molecule has 1 heterocycles. The minimum absolute atomic E-state index is 0.690. The van der Waals surface area contributed by atoms with Gasteiger partial charge in [-0.25, -0.2) is 4.31 Å². The van der Waals surface area contributed by atoms with Gasteiger partial charge >= 0.3 is 0 Å². The average Bonchev–Trinajstić information content (AvgIpc) is 3.21. The van der Waals surface area contributed by atoms with Gasteiger partial charge in [-0.05, 0) is 78.2 Å². The number of hydrogen-bond donors (Lipinski definition) is 1. The van der Waals surface area contributed by atoms with Crippen LogP contribution in [0.25, 0.3) is 11.1 Å². The lowest BCUT2D eigenvalue weighted by Crippen LogP contribution is -2.43. The minimum atomic E-state index is 0.690. The Hall–Kier alpha value is -2.41. The van der Waals surface area contributed by atoms with Crippen molar-refractivity contribution in [3.05, 3.63) is 77.9 Å². The Labute approximate surface area is 222 Å². The first kappa shape index (κ1) is 24.0. The Morgan fingerprint density at radius 2 is 1.50 bits per heavy atom. The van der Waals surface area contributed by atoms with Crippen molar-refractivity contribution < 1.29 is 5.21 Å². The number of para-hydroxylation sites is 1. The van der Waals surface area contributed by atoms with Crippen LogP contribution in [0, 0.1) is 5.92 Å². The second kappa shape index (κ2) is 10.5. The highest BCUT2D eigenvalue weighted by Crippen LogP contribution is 2.43. The molecule has 3 aromatic carbocycles. The van der Waals surface area contributed by atoms with Gasteiger partial charge < -0.3 is 10.1 Å². The van der Waals surface area contributed by atoms with Gasteiger partial charge in [-0.15, -0.1) is 11.8 Å². The summed E-state index contributed by atoms with van der Waals surface area (Å²) in [5.41, 5.74) is 6.44. The topological polar surface area (TPSA) is 39.1 Å². The Morgan fingerprint density at radius 1 is 0.806 bits per heavy atom. The highest BCUT2D eigenvalue weighted by atomic mass is 32.2. The normalized spacial score (nSPS) is 23.0. The first-order valence-electron chi connectivity index (χ1n) is 13.1. The largest absolute Gasteiger partial charge is 0.410 e. The Bertz CT molecular complexity index is 1250. The lowest BCUT2D eigenvalue weighted by molar-refractivity contribution is 0.320. The molecule has 3 aromatic rings. The summed E-state index contributed by atoms with van der Waals surface area (Å²) < 4.78 is 2.44. The van der Waals surface area contributed by atoms with E-state index in [1.807, 2.05) is 23.7 Å². The zero-order valence-corrected chi connectivity index (χ0v) is 22.4.